The van der Waals surface area contributed by atoms with Crippen LogP contribution in [0.15, 0.2) is 18.3 Å². The van der Waals surface area contributed by atoms with Gasteiger partial charge in [0.05, 0.1) is 27.6 Å². The molecule has 98 valence electrons. The number of rotatable bonds is 2. The first-order valence-corrected chi connectivity index (χ1v) is 7.14. The number of thiazole rings is 1. The summed E-state index contributed by atoms with van der Waals surface area (Å²) in [6, 6.07) is 2.95. The van der Waals surface area contributed by atoms with Crippen molar-refractivity contribution in [1.29, 1.82) is 0 Å². The van der Waals surface area contributed by atoms with Crippen LogP contribution in [0.2, 0.25) is 5.02 Å². The summed E-state index contributed by atoms with van der Waals surface area (Å²) >= 11 is 12.7. The van der Waals surface area contributed by atoms with Crippen molar-refractivity contribution in [2.45, 2.75) is 13.5 Å². The lowest BCUT2D eigenvalue weighted by Crippen LogP contribution is -1.97. The molecule has 2 aromatic heterocycles. The van der Waals surface area contributed by atoms with Crippen LogP contribution in [0.25, 0.3) is 11.0 Å². The van der Waals surface area contributed by atoms with Crippen molar-refractivity contribution in [3.63, 3.8) is 0 Å². The predicted octanol–water partition coefficient (Wildman–Crippen LogP) is 4.30. The molecule has 0 amide bonds. The summed E-state index contributed by atoms with van der Waals surface area (Å²) < 4.78 is 15.9. The SMILES string of the molecule is Cc1ncc(Cn2c(=S)[nH]c3cc(F)c(Cl)cc32)s1. The van der Waals surface area contributed by atoms with Gasteiger partial charge in [-0.25, -0.2) is 9.37 Å². The maximum atomic E-state index is 13.4. The van der Waals surface area contributed by atoms with Crippen LogP contribution in [-0.2, 0) is 6.54 Å². The fourth-order valence-electron chi connectivity index (χ4n) is 1.94. The van der Waals surface area contributed by atoms with Crippen molar-refractivity contribution in [2.75, 3.05) is 0 Å². The number of aromatic nitrogens is 3. The third kappa shape index (κ3) is 2.31. The second-order valence-electron chi connectivity index (χ2n) is 4.15. The van der Waals surface area contributed by atoms with Gasteiger partial charge in [0.2, 0.25) is 0 Å². The van der Waals surface area contributed by atoms with E-state index in [4.69, 9.17) is 23.8 Å². The van der Waals surface area contributed by atoms with Gasteiger partial charge < -0.3 is 9.55 Å². The number of hydrogen-bond acceptors (Lipinski definition) is 3. The average molecular weight is 314 g/mol. The third-order valence-electron chi connectivity index (χ3n) is 2.80. The van der Waals surface area contributed by atoms with Crippen LogP contribution in [0.3, 0.4) is 0 Å². The number of aromatic amines is 1. The van der Waals surface area contributed by atoms with Gasteiger partial charge in [0.1, 0.15) is 5.82 Å². The van der Waals surface area contributed by atoms with E-state index in [1.807, 2.05) is 17.7 Å². The van der Waals surface area contributed by atoms with E-state index in [9.17, 15) is 4.39 Å². The third-order valence-corrected chi connectivity index (χ3v) is 4.31. The first-order chi connectivity index (χ1) is 9.04. The van der Waals surface area contributed by atoms with Crippen molar-refractivity contribution >= 4 is 46.2 Å². The Bertz CT molecular complexity index is 818. The highest BCUT2D eigenvalue weighted by Crippen LogP contribution is 2.24. The lowest BCUT2D eigenvalue weighted by Gasteiger charge is -2.02. The minimum absolute atomic E-state index is 0.0933. The molecule has 0 spiro atoms. The van der Waals surface area contributed by atoms with Crippen molar-refractivity contribution in [3.8, 4) is 0 Å². The average Bonchev–Trinajstić information content (AvgIpc) is 2.87. The highest BCUT2D eigenvalue weighted by Gasteiger charge is 2.10. The molecule has 3 aromatic rings. The molecule has 19 heavy (non-hydrogen) atoms. The number of fused-ring (bicyclic) bond motifs is 1. The predicted molar refractivity (Wildman–Crippen MR) is 78.0 cm³/mol. The molecule has 3 nitrogen and oxygen atoms in total. The van der Waals surface area contributed by atoms with Gasteiger partial charge in [-0.2, -0.15) is 0 Å². The normalized spacial score (nSPS) is 11.3. The number of nitrogens with one attached hydrogen (secondary N) is 1. The topological polar surface area (TPSA) is 33.6 Å². The Morgan fingerprint density at radius 1 is 1.53 bits per heavy atom. The molecule has 0 atom stereocenters. The second-order valence-corrected chi connectivity index (χ2v) is 6.26. The van der Waals surface area contributed by atoms with Crippen molar-refractivity contribution in [1.82, 2.24) is 14.5 Å². The maximum absolute atomic E-state index is 13.4. The maximum Gasteiger partial charge on any atom is 0.178 e. The summed E-state index contributed by atoms with van der Waals surface area (Å²) in [4.78, 5) is 8.29. The summed E-state index contributed by atoms with van der Waals surface area (Å²) in [7, 11) is 0. The lowest BCUT2D eigenvalue weighted by atomic mass is 10.3. The zero-order chi connectivity index (χ0) is 13.6. The Hall–Kier alpha value is -1.24. The van der Waals surface area contributed by atoms with Gasteiger partial charge in [0.15, 0.2) is 4.77 Å². The molecule has 0 bridgehead atoms. The first-order valence-electron chi connectivity index (χ1n) is 5.53. The van der Waals surface area contributed by atoms with E-state index in [2.05, 4.69) is 9.97 Å². The molecule has 0 radical (unpaired) electrons. The molecule has 0 saturated heterocycles. The molecular formula is C12H9ClFN3S2. The van der Waals surface area contributed by atoms with Crippen LogP contribution in [-0.4, -0.2) is 14.5 Å². The summed E-state index contributed by atoms with van der Waals surface area (Å²) in [5.41, 5.74) is 1.44. The second kappa shape index (κ2) is 4.70. The van der Waals surface area contributed by atoms with E-state index in [0.717, 1.165) is 15.4 Å². The van der Waals surface area contributed by atoms with Gasteiger partial charge in [-0.15, -0.1) is 11.3 Å². The van der Waals surface area contributed by atoms with Gasteiger partial charge in [0, 0.05) is 17.1 Å². The Kier molecular flexibility index (Phi) is 3.16. The Morgan fingerprint density at radius 2 is 2.32 bits per heavy atom. The van der Waals surface area contributed by atoms with E-state index in [1.165, 1.54) is 6.07 Å². The standard InChI is InChI=1S/C12H9ClFN3S2/c1-6-15-4-7(19-6)5-17-11-2-8(13)9(14)3-10(11)16-12(17)18/h2-4H,5H2,1H3,(H,16,18). The van der Waals surface area contributed by atoms with Crippen molar-refractivity contribution < 1.29 is 4.39 Å². The summed E-state index contributed by atoms with van der Waals surface area (Å²) in [5.74, 6) is -0.453. The van der Waals surface area contributed by atoms with E-state index in [1.54, 1.807) is 17.4 Å². The lowest BCUT2D eigenvalue weighted by molar-refractivity contribution is 0.629. The van der Waals surface area contributed by atoms with E-state index in [-0.39, 0.29) is 5.02 Å². The molecule has 0 aliphatic rings. The molecule has 0 aliphatic heterocycles. The van der Waals surface area contributed by atoms with Crippen LogP contribution in [0.5, 0.6) is 0 Å². The highest BCUT2D eigenvalue weighted by molar-refractivity contribution is 7.71. The number of benzene rings is 1. The summed E-state index contributed by atoms with van der Waals surface area (Å²) in [6.45, 7) is 2.56. The number of halogens is 2. The zero-order valence-corrected chi connectivity index (χ0v) is 12.3. The number of H-pyrrole nitrogens is 1. The van der Waals surface area contributed by atoms with Gasteiger partial charge in [-0.1, -0.05) is 11.6 Å². The van der Waals surface area contributed by atoms with E-state index >= 15 is 0 Å². The number of nitrogens with zero attached hydrogens (tertiary/aromatic N) is 2. The fourth-order valence-corrected chi connectivity index (χ4v) is 3.16. The molecule has 0 unspecified atom stereocenters. The summed E-state index contributed by atoms with van der Waals surface area (Å²) in [5, 5.41) is 1.10. The monoisotopic (exact) mass is 313 g/mol. The van der Waals surface area contributed by atoms with Gasteiger partial charge in [-0.05, 0) is 25.2 Å². The smallest absolute Gasteiger partial charge is 0.178 e. The Labute approximate surface area is 122 Å². The van der Waals surface area contributed by atoms with Crippen molar-refractivity contribution in [2.24, 2.45) is 0 Å². The quantitative estimate of drug-likeness (QED) is 0.715. The molecule has 1 N–H and O–H groups in total. The summed E-state index contributed by atoms with van der Waals surface area (Å²) in [6.07, 6.45) is 1.83. The largest absolute Gasteiger partial charge is 0.330 e. The molecule has 0 saturated carbocycles. The first kappa shape index (κ1) is 12.8. The van der Waals surface area contributed by atoms with Crippen LogP contribution >= 0.6 is 35.2 Å². The Morgan fingerprint density at radius 3 is 3.00 bits per heavy atom. The number of aryl methyl sites for hydroxylation is 1. The molecule has 2 heterocycles. The van der Waals surface area contributed by atoms with Crippen molar-refractivity contribution in [3.05, 3.63) is 43.8 Å². The minimum atomic E-state index is -0.453. The zero-order valence-electron chi connectivity index (χ0n) is 9.91. The fraction of sp³-hybridized carbons (Fsp3) is 0.167. The van der Waals surface area contributed by atoms with Crippen LogP contribution in [0.1, 0.15) is 9.88 Å². The minimum Gasteiger partial charge on any atom is -0.330 e. The molecule has 7 heteroatoms. The van der Waals surface area contributed by atoms with Crippen LogP contribution in [0.4, 0.5) is 4.39 Å². The molecule has 0 aliphatic carbocycles. The van der Waals surface area contributed by atoms with Gasteiger partial charge in [0.25, 0.3) is 0 Å². The molecule has 3 rings (SSSR count). The molecular weight excluding hydrogens is 305 g/mol. The van der Waals surface area contributed by atoms with E-state index in [0.29, 0.717) is 16.8 Å². The molecule has 0 fully saturated rings. The molecule has 1 aromatic carbocycles. The number of imidazole rings is 1. The Balaban J connectivity index is 2.15. The van der Waals surface area contributed by atoms with Crippen LogP contribution < -0.4 is 0 Å². The van der Waals surface area contributed by atoms with Gasteiger partial charge in [-0.3, -0.25) is 0 Å². The van der Waals surface area contributed by atoms with Crippen LogP contribution in [0, 0.1) is 17.5 Å². The van der Waals surface area contributed by atoms with Gasteiger partial charge >= 0.3 is 0 Å². The number of hydrogen-bond donors (Lipinski definition) is 1. The highest BCUT2D eigenvalue weighted by atomic mass is 35.5. The van der Waals surface area contributed by atoms with E-state index < -0.39 is 5.82 Å².